The lowest BCUT2D eigenvalue weighted by Gasteiger charge is -2.45. The van der Waals surface area contributed by atoms with E-state index in [2.05, 4.69) is 4.90 Å². The predicted molar refractivity (Wildman–Crippen MR) is 89.9 cm³/mol. The number of quaternary nitrogens is 1. The van der Waals surface area contributed by atoms with Gasteiger partial charge in [-0.2, -0.15) is 0 Å². The number of hydrogen-bond acceptors (Lipinski definition) is 3. The Kier molecular flexibility index (Phi) is 4.04. The van der Waals surface area contributed by atoms with Crippen LogP contribution in [0.5, 0.6) is 0 Å². The molecule has 2 aromatic rings. The van der Waals surface area contributed by atoms with Gasteiger partial charge in [-0.15, -0.1) is 0 Å². The Labute approximate surface area is 130 Å². The van der Waals surface area contributed by atoms with E-state index < -0.39 is 0 Å². The molecule has 2 aromatic carbocycles. The van der Waals surface area contributed by atoms with Crippen molar-refractivity contribution in [1.29, 1.82) is 0 Å². The smallest absolute Gasteiger partial charge is 0.152 e. The van der Waals surface area contributed by atoms with Gasteiger partial charge in [-0.05, 0) is 26.2 Å². The van der Waals surface area contributed by atoms with Crippen LogP contribution in [0.25, 0.3) is 0 Å². The molecule has 0 aromatic heterocycles. The molecule has 0 unspecified atom stereocenters. The second-order valence-corrected chi connectivity index (χ2v) is 6.74. The van der Waals surface area contributed by atoms with Gasteiger partial charge in [0, 0.05) is 25.1 Å². The van der Waals surface area contributed by atoms with Crippen LogP contribution < -0.4 is 4.65 Å². The quantitative estimate of drug-likeness (QED) is 0.624. The summed E-state index contributed by atoms with van der Waals surface area (Å²) in [4.78, 5) is 4.29. The van der Waals surface area contributed by atoms with Crippen molar-refractivity contribution < 1.29 is 0 Å². The SMILES string of the molecule is CN(C)CCC[N+]1([O-])c2ccccc2Sc2ccccc21. The second-order valence-electron chi connectivity index (χ2n) is 5.66. The van der Waals surface area contributed by atoms with E-state index in [1.165, 1.54) is 0 Å². The van der Waals surface area contributed by atoms with Gasteiger partial charge in [0.2, 0.25) is 0 Å². The van der Waals surface area contributed by atoms with E-state index >= 15 is 0 Å². The van der Waals surface area contributed by atoms with Gasteiger partial charge in [-0.1, -0.05) is 36.0 Å². The molecular formula is C17H20N2OS. The van der Waals surface area contributed by atoms with Gasteiger partial charge in [-0.3, -0.25) is 4.65 Å². The lowest BCUT2D eigenvalue weighted by atomic mass is 10.2. The molecule has 0 spiro atoms. The zero-order valence-electron chi connectivity index (χ0n) is 12.5. The molecule has 1 heterocycles. The van der Waals surface area contributed by atoms with Crippen molar-refractivity contribution in [3.05, 3.63) is 53.7 Å². The summed E-state index contributed by atoms with van der Waals surface area (Å²) < 4.78 is -0.340. The summed E-state index contributed by atoms with van der Waals surface area (Å²) in [5.41, 5.74) is 1.75. The van der Waals surface area contributed by atoms with E-state index in [0.717, 1.165) is 34.1 Å². The van der Waals surface area contributed by atoms with Crippen molar-refractivity contribution in [2.75, 3.05) is 27.2 Å². The van der Waals surface area contributed by atoms with Gasteiger partial charge >= 0.3 is 0 Å². The van der Waals surface area contributed by atoms with Crippen LogP contribution in [0.1, 0.15) is 6.42 Å². The van der Waals surface area contributed by atoms with Gasteiger partial charge in [0.1, 0.15) is 0 Å². The van der Waals surface area contributed by atoms with Gasteiger partial charge in [0.25, 0.3) is 0 Å². The zero-order chi connectivity index (χ0) is 14.9. The van der Waals surface area contributed by atoms with Crippen LogP contribution in [-0.4, -0.2) is 32.1 Å². The largest absolute Gasteiger partial charge is 0.622 e. The van der Waals surface area contributed by atoms with Crippen molar-refractivity contribution >= 4 is 23.1 Å². The van der Waals surface area contributed by atoms with E-state index in [1.807, 2.05) is 62.6 Å². The van der Waals surface area contributed by atoms with Crippen LogP contribution in [0.3, 0.4) is 0 Å². The highest BCUT2D eigenvalue weighted by atomic mass is 32.2. The highest BCUT2D eigenvalue weighted by molar-refractivity contribution is 7.99. The zero-order valence-corrected chi connectivity index (χ0v) is 13.3. The standard InChI is InChI=1S/C17H20N2OS/c1-18(2)12-7-13-19(20)14-8-3-5-10-16(14)21-17-11-6-4-9-15(17)19/h3-6,8-11H,7,12-13H2,1-2H3. The number of nitrogens with zero attached hydrogens (tertiary/aromatic N) is 2. The highest BCUT2D eigenvalue weighted by Crippen LogP contribution is 2.51. The Balaban J connectivity index is 2.01. The molecule has 0 fully saturated rings. The fourth-order valence-electron chi connectivity index (χ4n) is 2.78. The molecule has 0 atom stereocenters. The molecule has 0 N–H and O–H groups in total. The van der Waals surface area contributed by atoms with Gasteiger partial charge in [0.05, 0.1) is 16.3 Å². The number of hydroxylamine groups is 1. The summed E-state index contributed by atoms with van der Waals surface area (Å²) in [5.74, 6) is 0. The van der Waals surface area contributed by atoms with Crippen LogP contribution in [0.15, 0.2) is 58.3 Å². The van der Waals surface area contributed by atoms with Crippen molar-refractivity contribution in [2.24, 2.45) is 0 Å². The van der Waals surface area contributed by atoms with Crippen LogP contribution >= 0.6 is 11.8 Å². The molecule has 110 valence electrons. The summed E-state index contributed by atoms with van der Waals surface area (Å²) in [6, 6.07) is 16.0. The summed E-state index contributed by atoms with van der Waals surface area (Å²) in [5, 5.41) is 13.7. The summed E-state index contributed by atoms with van der Waals surface area (Å²) in [6.45, 7) is 1.51. The fourth-order valence-corrected chi connectivity index (χ4v) is 3.95. The van der Waals surface area contributed by atoms with Crippen LogP contribution in [0, 0.1) is 5.21 Å². The highest BCUT2D eigenvalue weighted by Gasteiger charge is 2.33. The molecule has 21 heavy (non-hydrogen) atoms. The Bertz CT molecular complexity index is 597. The first kappa shape index (κ1) is 14.6. The number of hydrogen-bond donors (Lipinski definition) is 0. The molecular weight excluding hydrogens is 280 g/mol. The maximum absolute atomic E-state index is 13.7. The minimum absolute atomic E-state index is 0.340. The van der Waals surface area contributed by atoms with Crippen molar-refractivity contribution in [3.63, 3.8) is 0 Å². The summed E-state index contributed by atoms with van der Waals surface area (Å²) in [7, 11) is 4.09. The Morgan fingerprint density at radius 2 is 1.48 bits per heavy atom. The maximum atomic E-state index is 13.7. The summed E-state index contributed by atoms with van der Waals surface area (Å²) >= 11 is 1.70. The van der Waals surface area contributed by atoms with E-state index in [0.29, 0.717) is 6.54 Å². The first-order chi connectivity index (χ1) is 10.1. The predicted octanol–water partition coefficient (Wildman–Crippen LogP) is 4.24. The Morgan fingerprint density at radius 3 is 2.00 bits per heavy atom. The van der Waals surface area contributed by atoms with E-state index in [4.69, 9.17) is 0 Å². The van der Waals surface area contributed by atoms with E-state index in [9.17, 15) is 5.21 Å². The van der Waals surface area contributed by atoms with Crippen LogP contribution in [-0.2, 0) is 0 Å². The Hall–Kier alpha value is -1.33. The molecule has 0 aliphatic carbocycles. The molecule has 3 rings (SSSR count). The van der Waals surface area contributed by atoms with Crippen LogP contribution in [0.4, 0.5) is 11.4 Å². The average Bonchev–Trinajstić information content (AvgIpc) is 2.47. The van der Waals surface area contributed by atoms with E-state index in [-0.39, 0.29) is 4.65 Å². The topological polar surface area (TPSA) is 26.3 Å². The van der Waals surface area contributed by atoms with Crippen molar-refractivity contribution in [1.82, 2.24) is 9.55 Å². The third kappa shape index (κ3) is 2.72. The minimum atomic E-state index is -0.340. The normalized spacial score (nSPS) is 15.6. The lowest BCUT2D eigenvalue weighted by molar-refractivity contribution is 0.368. The van der Waals surface area contributed by atoms with Gasteiger partial charge in [-0.25, -0.2) is 0 Å². The number of benzene rings is 2. The van der Waals surface area contributed by atoms with E-state index in [1.54, 1.807) is 11.8 Å². The van der Waals surface area contributed by atoms with Gasteiger partial charge < -0.3 is 10.1 Å². The first-order valence-electron chi connectivity index (χ1n) is 7.22. The number of fused-ring (bicyclic) bond motifs is 2. The number of rotatable bonds is 4. The average molecular weight is 300 g/mol. The molecule has 0 saturated heterocycles. The first-order valence-corrected chi connectivity index (χ1v) is 8.04. The maximum Gasteiger partial charge on any atom is 0.152 e. The minimum Gasteiger partial charge on any atom is -0.622 e. The fraction of sp³-hybridized carbons (Fsp3) is 0.294. The molecule has 0 bridgehead atoms. The summed E-state index contributed by atoms with van der Waals surface area (Å²) in [6.07, 6.45) is 0.879. The molecule has 0 saturated carbocycles. The molecule has 0 amide bonds. The molecule has 4 heteroatoms. The third-order valence-corrected chi connectivity index (χ3v) is 4.94. The number of para-hydroxylation sites is 2. The van der Waals surface area contributed by atoms with Crippen LogP contribution in [0.2, 0.25) is 0 Å². The molecule has 0 radical (unpaired) electrons. The molecule has 1 aliphatic heterocycles. The van der Waals surface area contributed by atoms with Crippen molar-refractivity contribution in [3.8, 4) is 0 Å². The second kappa shape index (κ2) is 5.81. The lowest BCUT2D eigenvalue weighted by Crippen LogP contribution is -2.41. The third-order valence-electron chi connectivity index (χ3n) is 3.81. The van der Waals surface area contributed by atoms with Crippen molar-refractivity contribution in [2.45, 2.75) is 16.2 Å². The van der Waals surface area contributed by atoms with Gasteiger partial charge in [0.15, 0.2) is 11.4 Å². The molecule has 1 aliphatic rings. The Morgan fingerprint density at radius 1 is 0.952 bits per heavy atom. The monoisotopic (exact) mass is 300 g/mol. The molecule has 3 nitrogen and oxygen atoms in total.